The number of imide groups is 1. The zero-order chi connectivity index (χ0) is 31.3. The minimum absolute atomic E-state index is 0.118. The number of hydrogen-bond donors (Lipinski definition) is 1. The van der Waals surface area contributed by atoms with Gasteiger partial charge in [0.25, 0.3) is 17.7 Å². The number of benzene rings is 2. The van der Waals surface area contributed by atoms with E-state index in [4.69, 9.17) is 10.5 Å². The van der Waals surface area contributed by atoms with Crippen LogP contribution in [0.4, 0.5) is 8.78 Å². The Morgan fingerprint density at radius 1 is 1.09 bits per heavy atom. The standard InChI is InChI=1S/C32H37F2N3O5Si/c1-43(2,3)15-14-42-20-37-29(38)13-12-28(32(37)41)36-19-23-17-22(26(33)18-25(23)31(36)40)9-7-5-4-6-8-21-10-11-24(30(35)39)27(34)16-21/h10-11,16-18,28H,4-6,8,12-15,19-20H2,1-3H3,(H2,35,39). The van der Waals surface area contributed by atoms with E-state index in [0.717, 1.165) is 22.9 Å². The maximum absolute atomic E-state index is 14.9. The summed E-state index contributed by atoms with van der Waals surface area (Å²) in [5.41, 5.74) is 6.68. The molecule has 0 saturated carbocycles. The topological polar surface area (TPSA) is 110 Å². The molecule has 228 valence electrons. The summed E-state index contributed by atoms with van der Waals surface area (Å²) < 4.78 is 34.5. The predicted molar refractivity (Wildman–Crippen MR) is 159 cm³/mol. The van der Waals surface area contributed by atoms with Gasteiger partial charge < -0.3 is 15.4 Å². The summed E-state index contributed by atoms with van der Waals surface area (Å²) in [5.74, 6) is 2.49. The molecule has 0 aliphatic carbocycles. The first-order valence-corrected chi connectivity index (χ1v) is 18.2. The maximum Gasteiger partial charge on any atom is 0.255 e. The van der Waals surface area contributed by atoms with E-state index in [1.165, 1.54) is 23.1 Å². The number of rotatable bonds is 11. The van der Waals surface area contributed by atoms with Gasteiger partial charge in [-0.25, -0.2) is 8.78 Å². The fourth-order valence-corrected chi connectivity index (χ4v) is 5.86. The van der Waals surface area contributed by atoms with Gasteiger partial charge in [-0.2, -0.15) is 0 Å². The van der Waals surface area contributed by atoms with Gasteiger partial charge in [0.2, 0.25) is 5.91 Å². The van der Waals surface area contributed by atoms with Gasteiger partial charge in [-0.05, 0) is 67.1 Å². The highest BCUT2D eigenvalue weighted by Crippen LogP contribution is 2.31. The van der Waals surface area contributed by atoms with Crippen LogP contribution in [0.1, 0.15) is 69.5 Å². The van der Waals surface area contributed by atoms with Crippen LogP contribution in [0.3, 0.4) is 0 Å². The molecular formula is C32H37F2N3O5Si. The van der Waals surface area contributed by atoms with Crippen LogP contribution in [-0.2, 0) is 27.3 Å². The Labute approximate surface area is 251 Å². The second-order valence-corrected chi connectivity index (χ2v) is 17.8. The second kappa shape index (κ2) is 13.6. The summed E-state index contributed by atoms with van der Waals surface area (Å²) in [6, 6.07) is 7.14. The monoisotopic (exact) mass is 609 g/mol. The van der Waals surface area contributed by atoms with Crippen molar-refractivity contribution in [1.29, 1.82) is 0 Å². The molecule has 43 heavy (non-hydrogen) atoms. The van der Waals surface area contributed by atoms with Crippen molar-refractivity contribution < 1.29 is 32.7 Å². The van der Waals surface area contributed by atoms with E-state index in [0.29, 0.717) is 31.4 Å². The lowest BCUT2D eigenvalue weighted by Gasteiger charge is -2.35. The zero-order valence-electron chi connectivity index (χ0n) is 24.8. The van der Waals surface area contributed by atoms with Crippen molar-refractivity contribution in [3.05, 3.63) is 69.8 Å². The number of aryl methyl sites for hydroxylation is 1. The van der Waals surface area contributed by atoms with Crippen molar-refractivity contribution in [1.82, 2.24) is 9.80 Å². The highest BCUT2D eigenvalue weighted by molar-refractivity contribution is 6.76. The number of unbranched alkanes of at least 4 members (excludes halogenated alkanes) is 2. The van der Waals surface area contributed by atoms with Crippen LogP contribution < -0.4 is 5.73 Å². The van der Waals surface area contributed by atoms with Crippen LogP contribution in [-0.4, -0.2) is 60.9 Å². The lowest BCUT2D eigenvalue weighted by atomic mass is 10.0. The summed E-state index contributed by atoms with van der Waals surface area (Å²) in [6.07, 6.45) is 2.83. The number of fused-ring (bicyclic) bond motifs is 1. The number of nitrogens with zero attached hydrogens (tertiary/aromatic N) is 2. The summed E-state index contributed by atoms with van der Waals surface area (Å²) in [6.45, 7) is 7.08. The maximum atomic E-state index is 14.9. The van der Waals surface area contributed by atoms with Crippen LogP contribution >= 0.6 is 0 Å². The van der Waals surface area contributed by atoms with Crippen LogP contribution in [0.15, 0.2) is 30.3 Å². The number of hydrogen-bond acceptors (Lipinski definition) is 5. The van der Waals surface area contributed by atoms with Crippen molar-refractivity contribution in [2.75, 3.05) is 13.3 Å². The molecule has 2 aliphatic rings. The summed E-state index contributed by atoms with van der Waals surface area (Å²) in [5, 5.41) is 0. The van der Waals surface area contributed by atoms with Crippen molar-refractivity contribution in [2.45, 2.75) is 76.8 Å². The molecule has 2 N–H and O–H groups in total. The average Bonchev–Trinajstić information content (AvgIpc) is 3.24. The van der Waals surface area contributed by atoms with E-state index in [1.807, 2.05) is 0 Å². The zero-order valence-corrected chi connectivity index (χ0v) is 25.8. The number of halogens is 2. The Balaban J connectivity index is 1.33. The Morgan fingerprint density at radius 2 is 1.86 bits per heavy atom. The van der Waals surface area contributed by atoms with Gasteiger partial charge in [-0.1, -0.05) is 37.5 Å². The molecule has 0 bridgehead atoms. The molecule has 1 atom stereocenters. The third-order valence-electron chi connectivity index (χ3n) is 7.64. The van der Waals surface area contributed by atoms with Gasteiger partial charge in [-0.3, -0.25) is 24.1 Å². The molecule has 4 amide bonds. The molecule has 0 radical (unpaired) electrons. The van der Waals surface area contributed by atoms with Gasteiger partial charge in [0.15, 0.2) is 0 Å². The molecule has 0 aromatic heterocycles. The molecule has 8 nitrogen and oxygen atoms in total. The Hall–Kier alpha value is -3.88. The van der Waals surface area contributed by atoms with Crippen molar-refractivity contribution >= 4 is 31.7 Å². The summed E-state index contributed by atoms with van der Waals surface area (Å²) in [4.78, 5) is 52.5. The summed E-state index contributed by atoms with van der Waals surface area (Å²) in [7, 11) is -1.33. The van der Waals surface area contributed by atoms with Gasteiger partial charge in [0.05, 0.1) is 11.1 Å². The van der Waals surface area contributed by atoms with E-state index < -0.39 is 43.5 Å². The summed E-state index contributed by atoms with van der Waals surface area (Å²) >= 11 is 0. The van der Waals surface area contributed by atoms with E-state index in [2.05, 4.69) is 31.5 Å². The van der Waals surface area contributed by atoms with Crippen LogP contribution in [0.2, 0.25) is 25.7 Å². The number of amides is 4. The van der Waals surface area contributed by atoms with Crippen LogP contribution in [0.25, 0.3) is 0 Å². The van der Waals surface area contributed by atoms with Crippen LogP contribution in [0, 0.1) is 23.5 Å². The first kappa shape index (κ1) is 32.0. The fourth-order valence-electron chi connectivity index (χ4n) is 5.10. The molecule has 1 unspecified atom stereocenters. The SMILES string of the molecule is C[Si](C)(C)CCOCN1C(=O)CCC(N2Cc3cc(C#CCCCCc4ccc(C(N)=O)c(F)c4)c(F)cc3C2=O)C1=O. The molecule has 0 spiro atoms. The Bertz CT molecular complexity index is 1490. The van der Waals surface area contributed by atoms with E-state index in [-0.39, 0.29) is 48.7 Å². The fraction of sp³-hybridized carbons (Fsp3) is 0.438. The van der Waals surface area contributed by atoms with E-state index in [1.54, 1.807) is 12.1 Å². The van der Waals surface area contributed by atoms with Gasteiger partial charge in [0.1, 0.15) is 24.4 Å². The second-order valence-electron chi connectivity index (χ2n) is 12.2. The molecule has 2 aliphatic heterocycles. The molecule has 1 fully saturated rings. The third-order valence-corrected chi connectivity index (χ3v) is 9.34. The highest BCUT2D eigenvalue weighted by Gasteiger charge is 2.43. The minimum Gasteiger partial charge on any atom is -0.366 e. The van der Waals surface area contributed by atoms with Crippen molar-refractivity contribution in [3.8, 4) is 11.8 Å². The van der Waals surface area contributed by atoms with Gasteiger partial charge in [0, 0.05) is 39.6 Å². The lowest BCUT2D eigenvalue weighted by Crippen LogP contribution is -2.55. The first-order valence-electron chi connectivity index (χ1n) is 14.5. The Morgan fingerprint density at radius 3 is 2.56 bits per heavy atom. The predicted octanol–water partition coefficient (Wildman–Crippen LogP) is 4.61. The number of carbonyl (C=O) groups is 4. The molecular weight excluding hydrogens is 572 g/mol. The molecule has 2 aromatic carbocycles. The smallest absolute Gasteiger partial charge is 0.255 e. The normalized spacial score (nSPS) is 16.8. The number of ether oxygens (including phenoxy) is 1. The number of primary amides is 1. The highest BCUT2D eigenvalue weighted by atomic mass is 28.3. The third kappa shape index (κ3) is 7.94. The lowest BCUT2D eigenvalue weighted by molar-refractivity contribution is -0.158. The Kier molecular flexibility index (Phi) is 10.1. The molecule has 2 heterocycles. The number of likely N-dealkylation sites (tertiary alicyclic amines) is 1. The molecule has 1 saturated heterocycles. The number of carbonyl (C=O) groups excluding carboxylic acids is 4. The molecule has 4 rings (SSSR count). The van der Waals surface area contributed by atoms with Crippen molar-refractivity contribution in [3.63, 3.8) is 0 Å². The quantitative estimate of drug-likeness (QED) is 0.173. The van der Waals surface area contributed by atoms with Gasteiger partial charge in [-0.15, -0.1) is 0 Å². The largest absolute Gasteiger partial charge is 0.366 e. The van der Waals surface area contributed by atoms with E-state index >= 15 is 0 Å². The number of piperidine rings is 1. The van der Waals surface area contributed by atoms with E-state index in [9.17, 15) is 28.0 Å². The number of nitrogens with two attached hydrogens (primary N) is 1. The average molecular weight is 610 g/mol. The van der Waals surface area contributed by atoms with Crippen molar-refractivity contribution in [2.24, 2.45) is 5.73 Å². The molecule has 2 aromatic rings. The molecule has 11 heteroatoms. The van der Waals surface area contributed by atoms with Crippen LogP contribution in [0.5, 0.6) is 0 Å². The van der Waals surface area contributed by atoms with Gasteiger partial charge >= 0.3 is 0 Å². The minimum atomic E-state index is -1.33. The first-order chi connectivity index (χ1) is 20.4.